The van der Waals surface area contributed by atoms with Gasteiger partial charge in [0.05, 0.1) is 12.7 Å². The van der Waals surface area contributed by atoms with E-state index in [0.29, 0.717) is 5.56 Å². The van der Waals surface area contributed by atoms with Crippen molar-refractivity contribution in [1.29, 1.82) is 0 Å². The van der Waals surface area contributed by atoms with Crippen LogP contribution in [0.4, 0.5) is 0 Å². The highest BCUT2D eigenvalue weighted by Gasteiger charge is 2.06. The van der Waals surface area contributed by atoms with Crippen LogP contribution in [0.2, 0.25) is 0 Å². The van der Waals surface area contributed by atoms with Crippen LogP contribution in [0, 0.1) is 0 Å². The first-order valence-electron chi connectivity index (χ1n) is 6.49. The first-order chi connectivity index (χ1) is 9.76. The predicted molar refractivity (Wildman–Crippen MR) is 78.9 cm³/mol. The van der Waals surface area contributed by atoms with Crippen LogP contribution >= 0.6 is 0 Å². The molecule has 0 aliphatic rings. The molecule has 0 aliphatic carbocycles. The lowest BCUT2D eigenvalue weighted by Crippen LogP contribution is -2.01. The van der Waals surface area contributed by atoms with E-state index in [2.05, 4.69) is 29.2 Å². The maximum absolute atomic E-state index is 11.5. The van der Waals surface area contributed by atoms with Gasteiger partial charge in [-0.3, -0.25) is 0 Å². The van der Waals surface area contributed by atoms with Crippen LogP contribution in [0.3, 0.4) is 0 Å². The first kappa shape index (κ1) is 12.5. The Morgan fingerprint density at radius 1 is 1.10 bits per heavy atom. The molecule has 0 spiro atoms. The van der Waals surface area contributed by atoms with Crippen molar-refractivity contribution in [2.75, 3.05) is 7.11 Å². The second-order valence-corrected chi connectivity index (χ2v) is 4.77. The monoisotopic (exact) mass is 265 g/mol. The smallest absolute Gasteiger partial charge is 0.337 e. The van der Waals surface area contributed by atoms with Crippen molar-refractivity contribution in [2.45, 2.75) is 6.42 Å². The number of carbonyl (C=O) groups is 1. The molecule has 0 unspecified atom stereocenters. The summed E-state index contributed by atoms with van der Waals surface area (Å²) in [7, 11) is 1.40. The van der Waals surface area contributed by atoms with Gasteiger partial charge >= 0.3 is 5.97 Å². The van der Waals surface area contributed by atoms with E-state index in [4.69, 9.17) is 4.74 Å². The minimum Gasteiger partial charge on any atom is -0.465 e. The molecule has 0 bridgehead atoms. The van der Waals surface area contributed by atoms with Gasteiger partial charge in [-0.05, 0) is 47.2 Å². The van der Waals surface area contributed by atoms with E-state index in [1.807, 2.05) is 24.4 Å². The number of hydrogen-bond donors (Lipinski definition) is 1. The largest absolute Gasteiger partial charge is 0.465 e. The van der Waals surface area contributed by atoms with Crippen molar-refractivity contribution in [2.24, 2.45) is 0 Å². The van der Waals surface area contributed by atoms with Crippen LogP contribution in [-0.4, -0.2) is 18.1 Å². The molecule has 0 radical (unpaired) electrons. The number of methoxy groups -OCH3 is 1. The SMILES string of the molecule is COC(=O)c1cccc(Cc2ccc3cc[nH]c3c2)c1. The molecule has 2 aromatic carbocycles. The highest BCUT2D eigenvalue weighted by atomic mass is 16.5. The van der Waals surface area contributed by atoms with Gasteiger partial charge in [-0.1, -0.05) is 24.3 Å². The average molecular weight is 265 g/mol. The molecule has 0 aliphatic heterocycles. The summed E-state index contributed by atoms with van der Waals surface area (Å²) >= 11 is 0. The number of nitrogens with one attached hydrogen (secondary N) is 1. The Kier molecular flexibility index (Phi) is 3.25. The van der Waals surface area contributed by atoms with Crippen LogP contribution in [0.25, 0.3) is 10.9 Å². The molecule has 100 valence electrons. The molecule has 0 amide bonds. The van der Waals surface area contributed by atoms with Gasteiger partial charge in [-0.25, -0.2) is 4.79 Å². The van der Waals surface area contributed by atoms with E-state index in [9.17, 15) is 4.79 Å². The number of fused-ring (bicyclic) bond motifs is 1. The number of aromatic amines is 1. The van der Waals surface area contributed by atoms with E-state index in [0.717, 1.165) is 17.5 Å². The van der Waals surface area contributed by atoms with Crippen molar-refractivity contribution in [3.8, 4) is 0 Å². The summed E-state index contributed by atoms with van der Waals surface area (Å²) in [5, 5.41) is 1.21. The van der Waals surface area contributed by atoms with Gasteiger partial charge < -0.3 is 9.72 Å². The highest BCUT2D eigenvalue weighted by molar-refractivity contribution is 5.89. The van der Waals surface area contributed by atoms with Crippen molar-refractivity contribution in [1.82, 2.24) is 4.98 Å². The van der Waals surface area contributed by atoms with Crippen molar-refractivity contribution in [3.63, 3.8) is 0 Å². The Balaban J connectivity index is 1.88. The third-order valence-corrected chi connectivity index (χ3v) is 3.38. The predicted octanol–water partition coefficient (Wildman–Crippen LogP) is 3.55. The molecule has 3 aromatic rings. The number of hydrogen-bond acceptors (Lipinski definition) is 2. The number of rotatable bonds is 3. The Morgan fingerprint density at radius 3 is 2.80 bits per heavy atom. The molecular formula is C17H15NO2. The molecule has 0 saturated heterocycles. The fourth-order valence-corrected chi connectivity index (χ4v) is 2.37. The summed E-state index contributed by atoms with van der Waals surface area (Å²) in [5.74, 6) is -0.299. The second kappa shape index (κ2) is 5.21. The van der Waals surface area contributed by atoms with E-state index in [1.165, 1.54) is 18.1 Å². The van der Waals surface area contributed by atoms with Crippen LogP contribution in [0.5, 0.6) is 0 Å². The lowest BCUT2D eigenvalue weighted by molar-refractivity contribution is 0.0600. The Hall–Kier alpha value is -2.55. The van der Waals surface area contributed by atoms with Gasteiger partial charge in [0.15, 0.2) is 0 Å². The van der Waals surface area contributed by atoms with Gasteiger partial charge in [0.1, 0.15) is 0 Å². The van der Waals surface area contributed by atoms with Gasteiger partial charge in [-0.15, -0.1) is 0 Å². The molecular weight excluding hydrogens is 250 g/mol. The summed E-state index contributed by atoms with van der Waals surface area (Å²) < 4.78 is 4.74. The Bertz CT molecular complexity index is 758. The van der Waals surface area contributed by atoms with E-state index < -0.39 is 0 Å². The van der Waals surface area contributed by atoms with Crippen molar-refractivity contribution in [3.05, 3.63) is 71.4 Å². The molecule has 3 rings (SSSR count). The highest BCUT2D eigenvalue weighted by Crippen LogP contribution is 2.17. The summed E-state index contributed by atoms with van der Waals surface area (Å²) in [6, 6.07) is 16.0. The molecule has 0 fully saturated rings. The standard InChI is InChI=1S/C17H15NO2/c1-20-17(19)15-4-2-3-12(10-15)9-13-5-6-14-7-8-18-16(14)11-13/h2-8,10-11,18H,9H2,1H3. The molecule has 3 heteroatoms. The summed E-state index contributed by atoms with van der Waals surface area (Å²) in [5.41, 5.74) is 4.03. The maximum Gasteiger partial charge on any atom is 0.337 e. The maximum atomic E-state index is 11.5. The molecule has 1 heterocycles. The van der Waals surface area contributed by atoms with E-state index in [-0.39, 0.29) is 5.97 Å². The zero-order valence-electron chi connectivity index (χ0n) is 11.2. The fraction of sp³-hybridized carbons (Fsp3) is 0.118. The molecule has 1 aromatic heterocycles. The minimum absolute atomic E-state index is 0.299. The van der Waals surface area contributed by atoms with Crippen LogP contribution in [0.1, 0.15) is 21.5 Å². The summed E-state index contributed by atoms with van der Waals surface area (Å²) in [4.78, 5) is 14.7. The quantitative estimate of drug-likeness (QED) is 0.736. The number of H-pyrrole nitrogens is 1. The van der Waals surface area contributed by atoms with Gasteiger partial charge in [0, 0.05) is 11.7 Å². The van der Waals surface area contributed by atoms with Crippen LogP contribution < -0.4 is 0 Å². The second-order valence-electron chi connectivity index (χ2n) is 4.77. The zero-order valence-corrected chi connectivity index (χ0v) is 11.2. The summed E-state index contributed by atoms with van der Waals surface area (Å²) in [6.07, 6.45) is 2.73. The molecule has 0 atom stereocenters. The number of carbonyl (C=O) groups excluding carboxylic acids is 1. The zero-order chi connectivity index (χ0) is 13.9. The van der Waals surface area contributed by atoms with Crippen LogP contribution in [-0.2, 0) is 11.2 Å². The summed E-state index contributed by atoms with van der Waals surface area (Å²) in [6.45, 7) is 0. The fourth-order valence-electron chi connectivity index (χ4n) is 2.37. The molecule has 20 heavy (non-hydrogen) atoms. The van der Waals surface area contributed by atoms with E-state index >= 15 is 0 Å². The lowest BCUT2D eigenvalue weighted by Gasteiger charge is -2.05. The number of aromatic nitrogens is 1. The van der Waals surface area contributed by atoms with Gasteiger partial charge in [0.25, 0.3) is 0 Å². The van der Waals surface area contributed by atoms with Crippen LogP contribution in [0.15, 0.2) is 54.7 Å². The molecule has 1 N–H and O–H groups in total. The number of benzene rings is 2. The third kappa shape index (κ3) is 2.43. The van der Waals surface area contributed by atoms with Crippen molar-refractivity contribution < 1.29 is 9.53 Å². The average Bonchev–Trinajstić information content (AvgIpc) is 2.94. The number of esters is 1. The van der Waals surface area contributed by atoms with E-state index in [1.54, 1.807) is 6.07 Å². The first-order valence-corrected chi connectivity index (χ1v) is 6.49. The Labute approximate surface area is 117 Å². The van der Waals surface area contributed by atoms with Gasteiger partial charge in [-0.2, -0.15) is 0 Å². The molecule has 0 saturated carbocycles. The van der Waals surface area contributed by atoms with Gasteiger partial charge in [0.2, 0.25) is 0 Å². The van der Waals surface area contributed by atoms with Crippen molar-refractivity contribution >= 4 is 16.9 Å². The molecule has 3 nitrogen and oxygen atoms in total. The normalized spacial score (nSPS) is 10.7. The minimum atomic E-state index is -0.299. The topological polar surface area (TPSA) is 42.1 Å². The third-order valence-electron chi connectivity index (χ3n) is 3.38. The lowest BCUT2D eigenvalue weighted by atomic mass is 10.0. The number of ether oxygens (including phenoxy) is 1. The Morgan fingerprint density at radius 2 is 1.95 bits per heavy atom.